The topological polar surface area (TPSA) is 37.4 Å². The summed E-state index contributed by atoms with van der Waals surface area (Å²) < 4.78 is 25.3. The summed E-state index contributed by atoms with van der Waals surface area (Å²) in [5, 5.41) is 0. The number of hydrogen-bond donors (Lipinski definition) is 0. The lowest BCUT2D eigenvalue weighted by atomic mass is 10.2. The summed E-state index contributed by atoms with van der Waals surface area (Å²) >= 11 is 0. The Balaban J connectivity index is 2.78. The Kier molecular flexibility index (Phi) is 4.48. The first kappa shape index (κ1) is 13.6. The van der Waals surface area contributed by atoms with Gasteiger partial charge in [-0.15, -0.1) is 0 Å². The SMILES string of the molecule is Cc1ccc(S(=O)N(C)CP(C)(C)=O)cc1. The van der Waals surface area contributed by atoms with E-state index < -0.39 is 18.1 Å². The first-order valence-electron chi connectivity index (χ1n) is 5.03. The van der Waals surface area contributed by atoms with E-state index in [1.807, 2.05) is 31.2 Å². The molecule has 1 aromatic rings. The molecule has 0 spiro atoms. The monoisotopic (exact) mass is 259 g/mol. The fourth-order valence-electron chi connectivity index (χ4n) is 1.37. The van der Waals surface area contributed by atoms with E-state index in [4.69, 9.17) is 0 Å². The molecule has 0 aliphatic heterocycles. The molecule has 0 aliphatic rings. The summed E-state index contributed by atoms with van der Waals surface area (Å²) in [5.41, 5.74) is 1.14. The molecule has 0 saturated carbocycles. The fourth-order valence-corrected chi connectivity index (χ4v) is 4.31. The molecular weight excluding hydrogens is 241 g/mol. The van der Waals surface area contributed by atoms with E-state index >= 15 is 0 Å². The molecule has 5 heteroatoms. The van der Waals surface area contributed by atoms with Gasteiger partial charge in [0.2, 0.25) is 0 Å². The van der Waals surface area contributed by atoms with Crippen LogP contribution in [-0.2, 0) is 15.6 Å². The summed E-state index contributed by atoms with van der Waals surface area (Å²) in [6.07, 6.45) is 0.369. The Morgan fingerprint density at radius 3 is 2.19 bits per heavy atom. The third-order valence-electron chi connectivity index (χ3n) is 2.05. The van der Waals surface area contributed by atoms with Crippen molar-refractivity contribution in [1.82, 2.24) is 4.31 Å². The molecule has 1 aromatic carbocycles. The Labute approximate surface area is 99.8 Å². The largest absolute Gasteiger partial charge is 0.323 e. The first-order valence-corrected chi connectivity index (χ1v) is 8.92. The van der Waals surface area contributed by atoms with E-state index in [-0.39, 0.29) is 0 Å². The number of benzene rings is 1. The molecule has 3 nitrogen and oxygen atoms in total. The number of hydrogen-bond acceptors (Lipinski definition) is 2. The van der Waals surface area contributed by atoms with Gasteiger partial charge in [-0.25, -0.2) is 8.51 Å². The first-order chi connectivity index (χ1) is 7.29. The zero-order valence-corrected chi connectivity index (χ0v) is 11.8. The van der Waals surface area contributed by atoms with Gasteiger partial charge in [-0.05, 0) is 32.4 Å². The van der Waals surface area contributed by atoms with Gasteiger partial charge < -0.3 is 4.57 Å². The van der Waals surface area contributed by atoms with E-state index in [1.54, 1.807) is 24.7 Å². The van der Waals surface area contributed by atoms with Crippen LogP contribution in [0.3, 0.4) is 0 Å². The molecule has 0 radical (unpaired) electrons. The summed E-state index contributed by atoms with van der Waals surface area (Å²) in [6, 6.07) is 7.55. The fraction of sp³-hybridized carbons (Fsp3) is 0.455. The Morgan fingerprint density at radius 1 is 1.25 bits per heavy atom. The van der Waals surface area contributed by atoms with Crippen LogP contribution in [0.1, 0.15) is 5.56 Å². The zero-order chi connectivity index (χ0) is 12.3. The summed E-state index contributed by atoms with van der Waals surface area (Å²) in [4.78, 5) is 0.751. The minimum atomic E-state index is -2.17. The second-order valence-electron chi connectivity index (χ2n) is 4.41. The lowest BCUT2D eigenvalue weighted by Gasteiger charge is -2.18. The van der Waals surface area contributed by atoms with Gasteiger partial charge in [0.15, 0.2) is 0 Å². The van der Waals surface area contributed by atoms with Crippen molar-refractivity contribution in [3.05, 3.63) is 29.8 Å². The Hall–Kier alpha value is -0.440. The Bertz CT molecular complexity index is 424. The highest BCUT2D eigenvalue weighted by Crippen LogP contribution is 2.36. The van der Waals surface area contributed by atoms with E-state index in [1.165, 1.54) is 0 Å². The molecule has 0 aromatic heterocycles. The Morgan fingerprint density at radius 2 is 1.75 bits per heavy atom. The predicted molar refractivity (Wildman–Crippen MR) is 69.7 cm³/mol. The maximum Gasteiger partial charge on any atom is 0.127 e. The van der Waals surface area contributed by atoms with Crippen LogP contribution in [0, 0.1) is 6.92 Å². The van der Waals surface area contributed by atoms with E-state index in [9.17, 15) is 8.77 Å². The standard InChI is InChI=1S/C11H18NO2PS/c1-10-5-7-11(8-6-10)16(14)12(2)9-15(3,4)13/h5-8H,9H2,1-4H3. The van der Waals surface area contributed by atoms with E-state index in [2.05, 4.69) is 0 Å². The lowest BCUT2D eigenvalue weighted by molar-refractivity contribution is 0.546. The number of rotatable bonds is 4. The van der Waals surface area contributed by atoms with Crippen LogP contribution in [0.4, 0.5) is 0 Å². The van der Waals surface area contributed by atoms with Crippen molar-refractivity contribution in [2.45, 2.75) is 11.8 Å². The zero-order valence-electron chi connectivity index (χ0n) is 10.1. The van der Waals surface area contributed by atoms with Crippen molar-refractivity contribution in [1.29, 1.82) is 0 Å². The molecule has 0 amide bonds. The van der Waals surface area contributed by atoms with Crippen molar-refractivity contribution in [3.8, 4) is 0 Å². The van der Waals surface area contributed by atoms with E-state index in [0.29, 0.717) is 6.29 Å². The second-order valence-corrected chi connectivity index (χ2v) is 9.43. The molecule has 0 N–H and O–H groups in total. The average molecular weight is 259 g/mol. The molecule has 1 unspecified atom stereocenters. The van der Waals surface area contributed by atoms with Gasteiger partial charge in [0, 0.05) is 7.05 Å². The van der Waals surface area contributed by atoms with Gasteiger partial charge in [-0.2, -0.15) is 0 Å². The van der Waals surface area contributed by atoms with Gasteiger partial charge in [-0.1, -0.05) is 17.7 Å². The van der Waals surface area contributed by atoms with Crippen LogP contribution in [0.15, 0.2) is 29.2 Å². The van der Waals surface area contributed by atoms with Gasteiger partial charge in [0.05, 0.1) is 18.3 Å². The molecule has 16 heavy (non-hydrogen) atoms. The van der Waals surface area contributed by atoms with Crippen LogP contribution >= 0.6 is 7.14 Å². The highest BCUT2D eigenvalue weighted by atomic mass is 32.2. The van der Waals surface area contributed by atoms with Gasteiger partial charge in [0.25, 0.3) is 0 Å². The number of nitrogens with zero attached hydrogens (tertiary/aromatic N) is 1. The molecule has 0 bridgehead atoms. The molecule has 0 fully saturated rings. The highest BCUT2D eigenvalue weighted by Gasteiger charge is 2.16. The molecule has 90 valence electrons. The second kappa shape index (κ2) is 5.26. The average Bonchev–Trinajstić information content (AvgIpc) is 2.15. The molecule has 0 saturated heterocycles. The maximum absolute atomic E-state index is 12.0. The van der Waals surface area contributed by atoms with Crippen molar-refractivity contribution < 1.29 is 8.77 Å². The van der Waals surface area contributed by atoms with Crippen molar-refractivity contribution in [2.24, 2.45) is 0 Å². The summed E-state index contributed by atoms with van der Waals surface area (Å²) in [5.74, 6) is 0. The molecule has 1 rings (SSSR count). The molecule has 1 atom stereocenters. The van der Waals surface area contributed by atoms with Gasteiger partial charge in [0.1, 0.15) is 11.0 Å². The van der Waals surface area contributed by atoms with Crippen LogP contribution < -0.4 is 0 Å². The normalized spacial score (nSPS) is 14.1. The molecular formula is C11H18NO2PS. The number of aryl methyl sites for hydroxylation is 1. The van der Waals surface area contributed by atoms with Crippen LogP contribution in [0.5, 0.6) is 0 Å². The molecule has 0 heterocycles. The van der Waals surface area contributed by atoms with Crippen molar-refractivity contribution in [2.75, 3.05) is 26.7 Å². The predicted octanol–water partition coefficient (Wildman–Crippen LogP) is 2.53. The smallest absolute Gasteiger partial charge is 0.127 e. The third-order valence-corrected chi connectivity index (χ3v) is 4.71. The van der Waals surface area contributed by atoms with Crippen LogP contribution in [0.2, 0.25) is 0 Å². The highest BCUT2D eigenvalue weighted by molar-refractivity contribution is 7.83. The van der Waals surface area contributed by atoms with Crippen LogP contribution in [0.25, 0.3) is 0 Å². The minimum absolute atomic E-state index is 0.369. The molecule has 0 aliphatic carbocycles. The minimum Gasteiger partial charge on any atom is -0.323 e. The van der Waals surface area contributed by atoms with Gasteiger partial charge >= 0.3 is 0 Å². The summed E-state index contributed by atoms with van der Waals surface area (Å²) in [7, 11) is -1.66. The van der Waals surface area contributed by atoms with E-state index in [0.717, 1.165) is 10.5 Å². The van der Waals surface area contributed by atoms with Crippen LogP contribution in [-0.4, -0.2) is 35.2 Å². The lowest BCUT2D eigenvalue weighted by Crippen LogP contribution is -2.22. The van der Waals surface area contributed by atoms with Crippen molar-refractivity contribution in [3.63, 3.8) is 0 Å². The quantitative estimate of drug-likeness (QED) is 0.779. The summed E-state index contributed by atoms with van der Waals surface area (Å²) in [6.45, 7) is 5.40. The maximum atomic E-state index is 12.0. The van der Waals surface area contributed by atoms with Crippen molar-refractivity contribution >= 4 is 18.1 Å². The third kappa shape index (κ3) is 4.20. The van der Waals surface area contributed by atoms with Gasteiger partial charge in [-0.3, -0.25) is 0 Å².